The molecule has 0 radical (unpaired) electrons. The predicted octanol–water partition coefficient (Wildman–Crippen LogP) is 4.57. The molecule has 1 amide bonds. The van der Waals surface area contributed by atoms with Crippen molar-refractivity contribution in [2.24, 2.45) is 0 Å². The lowest BCUT2D eigenvalue weighted by molar-refractivity contribution is -0.121. The summed E-state index contributed by atoms with van der Waals surface area (Å²) in [6.45, 7) is 7.53. The molecule has 6 nitrogen and oxygen atoms in total. The maximum absolute atomic E-state index is 12.7. The molecule has 4 rings (SSSR count). The monoisotopic (exact) mass is 478 g/mol. The Kier molecular flexibility index (Phi) is 7.63. The number of carbonyl (C=O) groups excluding carboxylic acids is 1. The SMILES string of the molecule is CC(C)(CNC(=O)CCCCCn1c(=S)[nH]c2ccccc2c1=O)N1CCc2ccccc2C1. The van der Waals surface area contributed by atoms with Crippen LogP contribution in [0.25, 0.3) is 10.9 Å². The molecule has 0 atom stereocenters. The highest BCUT2D eigenvalue weighted by Gasteiger charge is 2.29. The molecule has 0 bridgehead atoms. The summed E-state index contributed by atoms with van der Waals surface area (Å²) in [7, 11) is 0. The maximum Gasteiger partial charge on any atom is 0.262 e. The topological polar surface area (TPSA) is 70.1 Å². The average molecular weight is 479 g/mol. The highest BCUT2D eigenvalue weighted by molar-refractivity contribution is 7.71. The molecule has 1 aliphatic rings. The van der Waals surface area contributed by atoms with Crippen LogP contribution in [0.4, 0.5) is 0 Å². The number of unbranched alkanes of at least 4 members (excludes halogenated alkanes) is 2. The van der Waals surface area contributed by atoms with Crippen molar-refractivity contribution in [1.29, 1.82) is 0 Å². The van der Waals surface area contributed by atoms with Gasteiger partial charge in [-0.1, -0.05) is 42.8 Å². The van der Waals surface area contributed by atoms with Crippen LogP contribution in [0, 0.1) is 4.77 Å². The van der Waals surface area contributed by atoms with Crippen LogP contribution in [0.3, 0.4) is 0 Å². The van der Waals surface area contributed by atoms with E-state index in [-0.39, 0.29) is 17.0 Å². The number of hydrogen-bond acceptors (Lipinski definition) is 4. The third-order valence-electron chi connectivity index (χ3n) is 6.88. The third kappa shape index (κ3) is 5.65. The van der Waals surface area contributed by atoms with Crippen molar-refractivity contribution in [1.82, 2.24) is 19.8 Å². The Labute approximate surface area is 206 Å². The quantitative estimate of drug-likeness (QED) is 0.349. The Bertz CT molecular complexity index is 1280. The molecule has 0 saturated carbocycles. The van der Waals surface area contributed by atoms with E-state index in [4.69, 9.17) is 12.2 Å². The van der Waals surface area contributed by atoms with E-state index in [0.717, 1.165) is 44.3 Å². The summed E-state index contributed by atoms with van der Waals surface area (Å²) >= 11 is 5.37. The van der Waals surface area contributed by atoms with Gasteiger partial charge in [-0.25, -0.2) is 0 Å². The van der Waals surface area contributed by atoms with E-state index in [9.17, 15) is 9.59 Å². The zero-order chi connectivity index (χ0) is 24.1. The fourth-order valence-corrected chi connectivity index (χ4v) is 4.95. The number of carbonyl (C=O) groups is 1. The lowest BCUT2D eigenvalue weighted by Crippen LogP contribution is -2.53. The van der Waals surface area contributed by atoms with Crippen LogP contribution in [0.1, 0.15) is 50.7 Å². The van der Waals surface area contributed by atoms with Gasteiger partial charge in [-0.3, -0.25) is 19.1 Å². The van der Waals surface area contributed by atoms with E-state index in [1.807, 2.05) is 24.3 Å². The van der Waals surface area contributed by atoms with Crippen LogP contribution in [0.2, 0.25) is 0 Å². The summed E-state index contributed by atoms with van der Waals surface area (Å²) in [5.74, 6) is 0.0886. The highest BCUT2D eigenvalue weighted by Crippen LogP contribution is 2.25. The lowest BCUT2D eigenvalue weighted by atomic mass is 9.94. The van der Waals surface area contributed by atoms with Crippen molar-refractivity contribution in [3.8, 4) is 0 Å². The average Bonchev–Trinajstić information content (AvgIpc) is 2.84. The van der Waals surface area contributed by atoms with E-state index in [2.05, 4.69) is 53.3 Å². The van der Waals surface area contributed by atoms with Gasteiger partial charge in [-0.05, 0) is 68.6 Å². The van der Waals surface area contributed by atoms with E-state index in [0.29, 0.717) is 29.7 Å². The van der Waals surface area contributed by atoms with Crippen LogP contribution < -0.4 is 10.9 Å². The summed E-state index contributed by atoms with van der Waals surface area (Å²) in [4.78, 5) is 30.7. The summed E-state index contributed by atoms with van der Waals surface area (Å²) in [6, 6.07) is 16.0. The van der Waals surface area contributed by atoms with Gasteiger partial charge in [0.2, 0.25) is 5.91 Å². The molecular weight excluding hydrogens is 444 g/mol. The molecule has 0 aliphatic carbocycles. The van der Waals surface area contributed by atoms with Crippen LogP contribution in [-0.2, 0) is 24.3 Å². The summed E-state index contributed by atoms with van der Waals surface area (Å²) in [6.07, 6.45) is 4.02. The van der Waals surface area contributed by atoms with Gasteiger partial charge in [0, 0.05) is 38.1 Å². The lowest BCUT2D eigenvalue weighted by Gasteiger charge is -2.41. The smallest absolute Gasteiger partial charge is 0.262 e. The molecular formula is C27H34N4O2S. The molecule has 0 spiro atoms. The zero-order valence-electron chi connectivity index (χ0n) is 20.1. The standard InChI is InChI=1S/C27H34N4O2S/c1-27(2,30-17-15-20-10-5-6-11-21(20)18-30)19-28-24(32)14-4-3-9-16-31-25(33)22-12-7-8-13-23(22)29-26(31)34/h5-8,10-13H,3-4,9,14-19H2,1-2H3,(H,28,32)(H,29,34). The second-order valence-corrected chi connectivity index (χ2v) is 10.2. The van der Waals surface area contributed by atoms with Crippen LogP contribution >= 0.6 is 12.2 Å². The van der Waals surface area contributed by atoms with E-state index in [1.54, 1.807) is 4.57 Å². The third-order valence-corrected chi connectivity index (χ3v) is 7.20. The Hall–Kier alpha value is -2.77. The van der Waals surface area contributed by atoms with Gasteiger partial charge >= 0.3 is 0 Å². The number of aromatic nitrogens is 2. The molecule has 3 aromatic rings. The Balaban J connectivity index is 1.20. The Morgan fingerprint density at radius 3 is 2.62 bits per heavy atom. The zero-order valence-corrected chi connectivity index (χ0v) is 20.9. The number of aromatic amines is 1. The molecule has 0 saturated heterocycles. The maximum atomic E-state index is 12.7. The van der Waals surface area contributed by atoms with Crippen LogP contribution in [0.5, 0.6) is 0 Å². The van der Waals surface area contributed by atoms with Crippen molar-refractivity contribution in [2.45, 2.75) is 64.6 Å². The number of amides is 1. The second kappa shape index (κ2) is 10.7. The minimum absolute atomic E-state index is 0.0559. The normalized spacial score (nSPS) is 14.2. The van der Waals surface area contributed by atoms with Crippen molar-refractivity contribution in [3.05, 3.63) is 74.8 Å². The van der Waals surface area contributed by atoms with Gasteiger partial charge in [0.05, 0.1) is 10.9 Å². The first kappa shape index (κ1) is 24.4. The van der Waals surface area contributed by atoms with Crippen molar-refractivity contribution in [3.63, 3.8) is 0 Å². The molecule has 0 unspecified atom stereocenters. The number of para-hydroxylation sites is 1. The Morgan fingerprint density at radius 1 is 1.06 bits per heavy atom. The molecule has 2 aromatic carbocycles. The van der Waals surface area contributed by atoms with Crippen molar-refractivity contribution >= 4 is 29.0 Å². The van der Waals surface area contributed by atoms with Crippen LogP contribution in [0.15, 0.2) is 53.3 Å². The number of rotatable bonds is 9. The number of fused-ring (bicyclic) bond motifs is 2. The number of nitrogens with zero attached hydrogens (tertiary/aromatic N) is 2. The van der Waals surface area contributed by atoms with E-state index >= 15 is 0 Å². The molecule has 2 heterocycles. The first-order valence-electron chi connectivity index (χ1n) is 12.2. The largest absolute Gasteiger partial charge is 0.354 e. The van der Waals surface area contributed by atoms with Crippen molar-refractivity contribution in [2.75, 3.05) is 13.1 Å². The van der Waals surface area contributed by atoms with E-state index < -0.39 is 0 Å². The molecule has 180 valence electrons. The van der Waals surface area contributed by atoms with Gasteiger partial charge in [-0.15, -0.1) is 0 Å². The van der Waals surface area contributed by atoms with Gasteiger partial charge in [0.15, 0.2) is 4.77 Å². The number of hydrogen-bond donors (Lipinski definition) is 2. The molecule has 0 fully saturated rings. The number of nitrogens with one attached hydrogen (secondary N) is 2. The van der Waals surface area contributed by atoms with Gasteiger partial charge < -0.3 is 10.3 Å². The fraction of sp³-hybridized carbons (Fsp3) is 0.444. The molecule has 1 aromatic heterocycles. The molecule has 7 heteroatoms. The summed E-state index contributed by atoms with van der Waals surface area (Å²) in [5, 5.41) is 3.78. The second-order valence-electron chi connectivity index (χ2n) is 9.77. The first-order valence-corrected chi connectivity index (χ1v) is 12.6. The van der Waals surface area contributed by atoms with Gasteiger partial charge in [0.25, 0.3) is 5.56 Å². The summed E-state index contributed by atoms with van der Waals surface area (Å²) in [5.41, 5.74) is 3.43. The van der Waals surface area contributed by atoms with Crippen LogP contribution in [-0.4, -0.2) is 39.0 Å². The first-order chi connectivity index (χ1) is 16.3. The number of benzene rings is 2. The van der Waals surface area contributed by atoms with Crippen molar-refractivity contribution < 1.29 is 4.79 Å². The fourth-order valence-electron chi connectivity index (χ4n) is 4.66. The Morgan fingerprint density at radius 2 is 1.79 bits per heavy atom. The highest BCUT2D eigenvalue weighted by atomic mass is 32.1. The van der Waals surface area contributed by atoms with Gasteiger partial charge in [0.1, 0.15) is 0 Å². The molecule has 1 aliphatic heterocycles. The molecule has 2 N–H and O–H groups in total. The minimum atomic E-state index is -0.100. The predicted molar refractivity (Wildman–Crippen MR) is 140 cm³/mol. The van der Waals surface area contributed by atoms with Gasteiger partial charge in [-0.2, -0.15) is 0 Å². The minimum Gasteiger partial charge on any atom is -0.354 e. The van der Waals surface area contributed by atoms with E-state index in [1.165, 1.54) is 11.1 Å². The molecule has 34 heavy (non-hydrogen) atoms. The number of H-pyrrole nitrogens is 1. The summed E-state index contributed by atoms with van der Waals surface area (Å²) < 4.78 is 2.07.